The maximum Gasteiger partial charge on any atom is 0.303 e. The molecule has 16 heteroatoms. The normalized spacial score (nSPS) is 13.2. The molecular weight excluding hydrogens is 624 g/mol. The van der Waals surface area contributed by atoms with E-state index in [1.54, 1.807) is 43.6 Å². The molecule has 46 heavy (non-hydrogen) atoms. The van der Waals surface area contributed by atoms with Gasteiger partial charge in [-0.15, -0.1) is 11.3 Å². The minimum Gasteiger partial charge on any atom is -0.481 e. The highest BCUT2D eigenvalue weighted by atomic mass is 32.1. The van der Waals surface area contributed by atoms with Gasteiger partial charge in [0, 0.05) is 50.5 Å². The van der Waals surface area contributed by atoms with Crippen LogP contribution in [0, 0.1) is 11.8 Å². The van der Waals surface area contributed by atoms with E-state index in [9.17, 15) is 23.2 Å². The number of halogens is 2. The van der Waals surface area contributed by atoms with Crippen molar-refractivity contribution in [3.63, 3.8) is 0 Å². The van der Waals surface area contributed by atoms with Crippen molar-refractivity contribution in [3.8, 4) is 10.6 Å². The molecule has 3 aromatic heterocycles. The van der Waals surface area contributed by atoms with Crippen LogP contribution in [-0.2, 0) is 21.1 Å². The molecule has 3 aromatic rings. The lowest BCUT2D eigenvalue weighted by atomic mass is 9.96. The second kappa shape index (κ2) is 23.0. The number of aldehydes is 2. The fraction of sp³-hybridized carbons (Fsp3) is 0.433. The average Bonchev–Trinajstić information content (AvgIpc) is 3.73. The number of rotatable bonds is 11. The fourth-order valence-corrected chi connectivity index (χ4v) is 4.49. The van der Waals surface area contributed by atoms with Gasteiger partial charge in [0.1, 0.15) is 29.4 Å². The predicted molar refractivity (Wildman–Crippen MR) is 171 cm³/mol. The first-order valence-electron chi connectivity index (χ1n) is 14.4. The number of hydrogen-bond donors (Lipinski definition) is 4. The number of aliphatic hydroxyl groups excluding tert-OH is 1. The van der Waals surface area contributed by atoms with Crippen LogP contribution in [0.15, 0.2) is 40.6 Å². The number of aliphatic hydroxyl groups is 1. The molecule has 1 saturated carbocycles. The van der Waals surface area contributed by atoms with Gasteiger partial charge in [0.05, 0.1) is 30.1 Å². The number of thiazole rings is 1. The summed E-state index contributed by atoms with van der Waals surface area (Å²) in [7, 11) is 3.27. The zero-order valence-corrected chi connectivity index (χ0v) is 26.9. The van der Waals surface area contributed by atoms with Gasteiger partial charge in [-0.2, -0.15) is 9.49 Å². The van der Waals surface area contributed by atoms with Crippen molar-refractivity contribution in [2.45, 2.75) is 64.6 Å². The molecule has 0 atom stereocenters. The van der Waals surface area contributed by atoms with Crippen LogP contribution in [0.3, 0.4) is 0 Å². The first-order chi connectivity index (χ1) is 22.1. The Morgan fingerprint density at radius 1 is 1.24 bits per heavy atom. The zero-order valence-electron chi connectivity index (χ0n) is 26.1. The molecule has 0 amide bonds. The van der Waals surface area contributed by atoms with Gasteiger partial charge in [-0.3, -0.25) is 14.6 Å². The van der Waals surface area contributed by atoms with Crippen LogP contribution in [0.4, 0.5) is 8.78 Å². The second-order valence-corrected chi connectivity index (χ2v) is 10.3. The van der Waals surface area contributed by atoms with E-state index in [-0.39, 0.29) is 36.9 Å². The van der Waals surface area contributed by atoms with E-state index >= 15 is 0 Å². The molecule has 0 bridgehead atoms. The number of hydrogen-bond acceptors (Lipinski definition) is 12. The van der Waals surface area contributed by atoms with E-state index in [0.717, 1.165) is 41.8 Å². The number of aliphatic carboxylic acids is 1. The van der Waals surface area contributed by atoms with Crippen molar-refractivity contribution in [1.29, 1.82) is 0 Å². The molecule has 4 rings (SSSR count). The SMILES string of the molecule is CCO.CN/C(C=NC1CCCCC1)=C(/N)c1nc(F)ccc1F.COCn1cc(-c2nc(C=O)cs2)cn1.O=CCCC(=O)O. The highest BCUT2D eigenvalue weighted by Gasteiger charge is 2.14. The Morgan fingerprint density at radius 2 is 1.93 bits per heavy atom. The summed E-state index contributed by atoms with van der Waals surface area (Å²) in [5, 5.41) is 24.9. The molecule has 0 radical (unpaired) electrons. The van der Waals surface area contributed by atoms with Gasteiger partial charge in [0.15, 0.2) is 12.1 Å². The number of carboxylic acids is 1. The third kappa shape index (κ3) is 15.0. The van der Waals surface area contributed by atoms with E-state index in [1.165, 1.54) is 30.6 Å². The molecule has 0 saturated heterocycles. The minimum absolute atomic E-state index is 0.0501. The van der Waals surface area contributed by atoms with Crippen LogP contribution >= 0.6 is 11.3 Å². The molecule has 1 fully saturated rings. The number of nitrogens with two attached hydrogens (primary N) is 1. The Morgan fingerprint density at radius 3 is 2.48 bits per heavy atom. The first kappa shape index (κ1) is 39.6. The lowest BCUT2D eigenvalue weighted by Gasteiger charge is -2.17. The second-order valence-electron chi connectivity index (χ2n) is 9.41. The Bertz CT molecular complexity index is 1410. The number of carbonyl (C=O) groups is 3. The quantitative estimate of drug-likeness (QED) is 0.131. The van der Waals surface area contributed by atoms with Gasteiger partial charge >= 0.3 is 5.97 Å². The van der Waals surface area contributed by atoms with Gasteiger partial charge in [0.25, 0.3) is 0 Å². The third-order valence-electron chi connectivity index (χ3n) is 5.88. The molecule has 1 aliphatic carbocycles. The van der Waals surface area contributed by atoms with Crippen LogP contribution in [0.5, 0.6) is 0 Å². The molecule has 5 N–H and O–H groups in total. The van der Waals surface area contributed by atoms with Crippen molar-refractivity contribution in [2.24, 2.45) is 10.7 Å². The maximum atomic E-state index is 13.7. The molecule has 0 aliphatic heterocycles. The molecule has 252 valence electrons. The van der Waals surface area contributed by atoms with Gasteiger partial charge < -0.3 is 30.8 Å². The van der Waals surface area contributed by atoms with E-state index in [2.05, 4.69) is 25.4 Å². The summed E-state index contributed by atoms with van der Waals surface area (Å²) >= 11 is 1.42. The van der Waals surface area contributed by atoms with Crippen molar-refractivity contribution in [1.82, 2.24) is 25.1 Å². The maximum absolute atomic E-state index is 13.7. The number of methoxy groups -OCH3 is 1. The van der Waals surface area contributed by atoms with E-state index < -0.39 is 17.7 Å². The molecule has 0 unspecified atom stereocenters. The van der Waals surface area contributed by atoms with Crippen LogP contribution < -0.4 is 11.1 Å². The highest BCUT2D eigenvalue weighted by Crippen LogP contribution is 2.22. The molecule has 0 spiro atoms. The predicted octanol–water partition coefficient (Wildman–Crippen LogP) is 4.08. The average molecular weight is 666 g/mol. The summed E-state index contributed by atoms with van der Waals surface area (Å²) in [6.45, 7) is 2.34. The number of nitrogens with zero attached hydrogens (tertiary/aromatic N) is 5. The van der Waals surface area contributed by atoms with Crippen LogP contribution in [0.1, 0.15) is 68.1 Å². The Hall–Kier alpha value is -4.41. The number of ether oxygens (including phenoxy) is 1. The third-order valence-corrected chi connectivity index (χ3v) is 6.79. The standard InChI is InChI=1S/C15H20F2N4.C9H9N3O2S.C4H6O3.C2H6O/c1-19-12(9-20-10-5-3-2-4-6-10)14(18)15-11(16)7-8-13(17)21-15;1-14-6-12-3-7(2-10-12)9-11-8(4-13)5-15-9;5-3-1-2-4(6)7;1-2-3/h7-10,19H,2-6,18H2,1H3;2-5H,6H2,1H3;3H,1-2H2,(H,6,7);3H,2H2,1H3/b14-12+,20-9?;;;. The van der Waals surface area contributed by atoms with Crippen LogP contribution in [-0.4, -0.2) is 81.5 Å². The summed E-state index contributed by atoms with van der Waals surface area (Å²) in [5.74, 6) is -2.35. The van der Waals surface area contributed by atoms with Crippen LogP contribution in [0.2, 0.25) is 0 Å². The number of pyridine rings is 1. The first-order valence-corrected chi connectivity index (χ1v) is 15.2. The number of carbonyl (C=O) groups excluding carboxylic acids is 2. The monoisotopic (exact) mass is 665 g/mol. The number of aliphatic imine (C=N–C) groups is 1. The molecule has 3 heterocycles. The smallest absolute Gasteiger partial charge is 0.303 e. The lowest BCUT2D eigenvalue weighted by molar-refractivity contribution is -0.137. The summed E-state index contributed by atoms with van der Waals surface area (Å²) < 4.78 is 33.4. The molecule has 0 aromatic carbocycles. The van der Waals surface area contributed by atoms with Crippen molar-refractivity contribution in [3.05, 3.63) is 58.8 Å². The summed E-state index contributed by atoms with van der Waals surface area (Å²) in [4.78, 5) is 41.6. The Labute approximate surface area is 270 Å². The summed E-state index contributed by atoms with van der Waals surface area (Å²) in [5.41, 5.74) is 7.53. The van der Waals surface area contributed by atoms with Gasteiger partial charge in [0.2, 0.25) is 5.95 Å². The largest absolute Gasteiger partial charge is 0.481 e. The number of allylic oxidation sites excluding steroid dienone is 1. The Kier molecular flexibility index (Phi) is 19.8. The number of carboxylic acid groups (broad SMARTS) is 1. The van der Waals surface area contributed by atoms with Crippen molar-refractivity contribution in [2.75, 3.05) is 20.8 Å². The number of nitrogens with one attached hydrogen (secondary N) is 1. The van der Waals surface area contributed by atoms with Crippen molar-refractivity contribution >= 4 is 41.8 Å². The fourth-order valence-electron chi connectivity index (χ4n) is 3.75. The van der Waals surface area contributed by atoms with Crippen LogP contribution in [0.25, 0.3) is 16.3 Å². The molecular formula is C30H41F2N7O6S. The topological polar surface area (TPSA) is 195 Å². The summed E-state index contributed by atoms with van der Waals surface area (Å²) in [6.07, 6.45) is 12.2. The molecule has 13 nitrogen and oxygen atoms in total. The Balaban J connectivity index is 0.000000367. The van der Waals surface area contributed by atoms with Crippen molar-refractivity contribution < 1.29 is 38.1 Å². The van der Waals surface area contributed by atoms with E-state index in [1.807, 2.05) is 6.20 Å². The number of aromatic nitrogens is 4. The van der Waals surface area contributed by atoms with Gasteiger partial charge in [-0.25, -0.2) is 19.0 Å². The van der Waals surface area contributed by atoms with E-state index in [0.29, 0.717) is 24.4 Å². The zero-order chi connectivity index (χ0) is 34.3. The highest BCUT2D eigenvalue weighted by molar-refractivity contribution is 7.13. The summed E-state index contributed by atoms with van der Waals surface area (Å²) in [6, 6.07) is 2.25. The van der Waals surface area contributed by atoms with Gasteiger partial charge in [-0.1, -0.05) is 19.3 Å². The lowest BCUT2D eigenvalue weighted by Crippen LogP contribution is -2.18. The van der Waals surface area contributed by atoms with Gasteiger partial charge in [-0.05, 0) is 31.9 Å². The van der Waals surface area contributed by atoms with E-state index in [4.69, 9.17) is 20.7 Å². The minimum atomic E-state index is -0.924. The molecule has 1 aliphatic rings.